The zero-order valence-electron chi connectivity index (χ0n) is 18.7. The number of phenols is 2. The third kappa shape index (κ3) is 3.86. The van der Waals surface area contributed by atoms with Crippen LogP contribution in [0.1, 0.15) is 81.7 Å². The number of carbonyl (C=O) groups excluding carboxylic acids is 3. The predicted molar refractivity (Wildman–Crippen MR) is 124 cm³/mol. The van der Waals surface area contributed by atoms with Crippen molar-refractivity contribution in [3.8, 4) is 11.5 Å². The minimum absolute atomic E-state index is 0.110. The van der Waals surface area contributed by atoms with Crippen molar-refractivity contribution in [1.82, 2.24) is 0 Å². The number of rotatable bonds is 7. The second-order valence-electron chi connectivity index (χ2n) is 8.43. The number of ether oxygens (including phenoxy) is 1. The molecule has 0 saturated heterocycles. The third-order valence-electron chi connectivity index (χ3n) is 6.35. The van der Waals surface area contributed by atoms with Gasteiger partial charge >= 0.3 is 5.97 Å². The summed E-state index contributed by atoms with van der Waals surface area (Å²) >= 11 is 0. The number of hydrogen-bond donors (Lipinski definition) is 2. The van der Waals surface area contributed by atoms with Crippen LogP contribution < -0.4 is 0 Å². The van der Waals surface area contributed by atoms with Crippen LogP contribution in [0.4, 0.5) is 0 Å². The number of phenolic OH excluding ortho intramolecular Hbond substituents is 2. The van der Waals surface area contributed by atoms with Gasteiger partial charge in [0, 0.05) is 21.9 Å². The summed E-state index contributed by atoms with van der Waals surface area (Å²) in [5.74, 6) is -2.18. The Hall–Kier alpha value is -3.67. The van der Waals surface area contributed by atoms with Crippen LogP contribution in [-0.4, -0.2) is 34.4 Å². The molecule has 0 radical (unpaired) electrons. The standard InChI is InChI=1S/C27H26O6/c1-3-5-8-15(4-2)14-33-27(32)16-11-12-19-20(13-16)26(31)22-21(25(19)30)23(28)17-9-6-7-10-18(17)24(22)29/h6-7,9-13,15,30-31H,3-5,8,14H2,1-2H3. The highest BCUT2D eigenvalue weighted by atomic mass is 16.5. The van der Waals surface area contributed by atoms with E-state index in [1.165, 1.54) is 30.3 Å². The van der Waals surface area contributed by atoms with E-state index in [-0.39, 0.29) is 44.5 Å². The molecule has 3 aromatic rings. The molecule has 170 valence electrons. The molecule has 1 aliphatic rings. The lowest BCUT2D eigenvalue weighted by Gasteiger charge is -2.21. The van der Waals surface area contributed by atoms with Crippen molar-refractivity contribution in [3.63, 3.8) is 0 Å². The van der Waals surface area contributed by atoms with Gasteiger partial charge in [0.15, 0.2) is 11.6 Å². The van der Waals surface area contributed by atoms with Gasteiger partial charge in [0.1, 0.15) is 11.5 Å². The van der Waals surface area contributed by atoms with E-state index in [2.05, 4.69) is 13.8 Å². The second kappa shape index (κ2) is 9.06. The smallest absolute Gasteiger partial charge is 0.338 e. The zero-order chi connectivity index (χ0) is 23.7. The number of hydrogen-bond acceptors (Lipinski definition) is 6. The quantitative estimate of drug-likeness (QED) is 0.291. The fourth-order valence-electron chi connectivity index (χ4n) is 4.35. The Balaban J connectivity index is 1.72. The molecule has 6 heteroatoms. The molecule has 0 spiro atoms. The molecule has 3 aromatic carbocycles. The Morgan fingerprint density at radius 3 is 2.09 bits per heavy atom. The van der Waals surface area contributed by atoms with Crippen LogP contribution in [0.2, 0.25) is 0 Å². The molecule has 0 aliphatic heterocycles. The largest absolute Gasteiger partial charge is 0.506 e. The van der Waals surface area contributed by atoms with E-state index in [0.717, 1.165) is 25.7 Å². The van der Waals surface area contributed by atoms with Crippen molar-refractivity contribution in [2.75, 3.05) is 6.61 Å². The maximum atomic E-state index is 13.1. The van der Waals surface area contributed by atoms with Crippen LogP contribution in [-0.2, 0) is 4.74 Å². The van der Waals surface area contributed by atoms with Crippen LogP contribution >= 0.6 is 0 Å². The molecule has 0 heterocycles. The van der Waals surface area contributed by atoms with Gasteiger partial charge in [0.2, 0.25) is 0 Å². The molecule has 0 fully saturated rings. The number of unbranched alkanes of at least 4 members (excludes halogenated alkanes) is 1. The van der Waals surface area contributed by atoms with Crippen molar-refractivity contribution in [2.45, 2.75) is 39.5 Å². The Morgan fingerprint density at radius 1 is 0.909 bits per heavy atom. The minimum Gasteiger partial charge on any atom is -0.506 e. The first-order valence-corrected chi connectivity index (χ1v) is 11.3. The fourth-order valence-corrected chi connectivity index (χ4v) is 4.35. The van der Waals surface area contributed by atoms with E-state index in [4.69, 9.17) is 4.74 Å². The van der Waals surface area contributed by atoms with E-state index in [9.17, 15) is 24.6 Å². The monoisotopic (exact) mass is 446 g/mol. The summed E-state index contributed by atoms with van der Waals surface area (Å²) in [7, 11) is 0. The second-order valence-corrected chi connectivity index (χ2v) is 8.43. The van der Waals surface area contributed by atoms with Gasteiger partial charge < -0.3 is 14.9 Å². The van der Waals surface area contributed by atoms with Gasteiger partial charge in [-0.25, -0.2) is 4.79 Å². The van der Waals surface area contributed by atoms with E-state index >= 15 is 0 Å². The number of fused-ring (bicyclic) bond motifs is 3. The first kappa shape index (κ1) is 22.5. The molecular weight excluding hydrogens is 420 g/mol. The molecule has 0 aromatic heterocycles. The highest BCUT2D eigenvalue weighted by Gasteiger charge is 2.36. The first-order valence-electron chi connectivity index (χ1n) is 11.3. The highest BCUT2D eigenvalue weighted by Crippen LogP contribution is 2.44. The lowest BCUT2D eigenvalue weighted by Crippen LogP contribution is -2.21. The van der Waals surface area contributed by atoms with E-state index in [1.54, 1.807) is 12.1 Å². The maximum absolute atomic E-state index is 13.1. The molecule has 4 rings (SSSR count). The number of carbonyl (C=O) groups is 3. The number of esters is 1. The van der Waals surface area contributed by atoms with Gasteiger partial charge in [0.05, 0.1) is 23.3 Å². The summed E-state index contributed by atoms with van der Waals surface area (Å²) in [4.78, 5) is 38.7. The average molecular weight is 446 g/mol. The van der Waals surface area contributed by atoms with Crippen molar-refractivity contribution in [1.29, 1.82) is 0 Å². The van der Waals surface area contributed by atoms with Gasteiger partial charge in [-0.1, -0.05) is 57.4 Å². The molecule has 1 aliphatic carbocycles. The average Bonchev–Trinajstić information content (AvgIpc) is 2.84. The van der Waals surface area contributed by atoms with Crippen molar-refractivity contribution < 1.29 is 29.3 Å². The molecule has 33 heavy (non-hydrogen) atoms. The summed E-state index contributed by atoms with van der Waals surface area (Å²) < 4.78 is 5.49. The Morgan fingerprint density at radius 2 is 1.52 bits per heavy atom. The highest BCUT2D eigenvalue weighted by molar-refractivity contribution is 6.32. The summed E-state index contributed by atoms with van der Waals surface area (Å²) in [5, 5.41) is 22.1. The fraction of sp³-hybridized carbons (Fsp3) is 0.296. The van der Waals surface area contributed by atoms with E-state index in [0.29, 0.717) is 6.61 Å². The Kier molecular flexibility index (Phi) is 6.18. The summed E-state index contributed by atoms with van der Waals surface area (Å²) in [6, 6.07) is 10.6. The SMILES string of the molecule is CCCCC(CC)COC(=O)c1ccc2c(O)c3c(c(O)c2c1)C(=O)c1ccccc1C3=O. The van der Waals surface area contributed by atoms with Gasteiger partial charge in [-0.05, 0) is 30.5 Å². The molecule has 0 saturated carbocycles. The summed E-state index contributed by atoms with van der Waals surface area (Å²) in [5.41, 5.74) is 0.0631. The third-order valence-corrected chi connectivity index (χ3v) is 6.35. The van der Waals surface area contributed by atoms with Gasteiger partial charge in [0.25, 0.3) is 0 Å². The summed E-state index contributed by atoms with van der Waals surface area (Å²) in [6.45, 7) is 4.48. The lowest BCUT2D eigenvalue weighted by molar-refractivity contribution is 0.0428. The van der Waals surface area contributed by atoms with Crippen molar-refractivity contribution in [2.24, 2.45) is 5.92 Å². The normalized spacial score (nSPS) is 13.5. The lowest BCUT2D eigenvalue weighted by atomic mass is 9.81. The zero-order valence-corrected chi connectivity index (χ0v) is 18.7. The van der Waals surface area contributed by atoms with Crippen LogP contribution in [0, 0.1) is 5.92 Å². The number of ketones is 2. The topological polar surface area (TPSA) is 101 Å². The van der Waals surface area contributed by atoms with Crippen LogP contribution in [0.3, 0.4) is 0 Å². The van der Waals surface area contributed by atoms with E-state index < -0.39 is 29.0 Å². The van der Waals surface area contributed by atoms with E-state index in [1.807, 2.05) is 0 Å². The molecule has 1 atom stereocenters. The molecule has 0 amide bonds. The first-order chi connectivity index (χ1) is 15.9. The van der Waals surface area contributed by atoms with Gasteiger partial charge in [-0.3, -0.25) is 9.59 Å². The summed E-state index contributed by atoms with van der Waals surface area (Å²) in [6.07, 6.45) is 4.04. The molecule has 2 N–H and O–H groups in total. The van der Waals surface area contributed by atoms with Gasteiger partial charge in [-0.15, -0.1) is 0 Å². The van der Waals surface area contributed by atoms with Crippen LogP contribution in [0.25, 0.3) is 10.8 Å². The molecular formula is C27H26O6. The maximum Gasteiger partial charge on any atom is 0.338 e. The Bertz CT molecular complexity index is 1270. The minimum atomic E-state index is -0.551. The van der Waals surface area contributed by atoms with Crippen LogP contribution in [0.15, 0.2) is 42.5 Å². The van der Waals surface area contributed by atoms with Crippen LogP contribution in [0.5, 0.6) is 11.5 Å². The predicted octanol–water partition coefficient (Wildman–Crippen LogP) is 5.40. The van der Waals surface area contributed by atoms with Crippen molar-refractivity contribution >= 4 is 28.3 Å². The Labute approximate surface area is 191 Å². The van der Waals surface area contributed by atoms with Crippen molar-refractivity contribution in [3.05, 3.63) is 70.3 Å². The number of benzene rings is 3. The molecule has 6 nitrogen and oxygen atoms in total. The van der Waals surface area contributed by atoms with Gasteiger partial charge in [-0.2, -0.15) is 0 Å². The molecule has 0 bridgehead atoms. The number of aromatic hydroxyl groups is 2. The molecule has 1 unspecified atom stereocenters.